The average Bonchev–Trinajstić information content (AvgIpc) is 3.30. The van der Waals surface area contributed by atoms with Gasteiger partial charge in [0.2, 0.25) is 0 Å². The number of nitrogens with one attached hydrogen (secondary N) is 1. The van der Waals surface area contributed by atoms with Crippen LogP contribution in [0.2, 0.25) is 0 Å². The second-order valence-electron chi connectivity index (χ2n) is 5.89. The van der Waals surface area contributed by atoms with Crippen LogP contribution in [-0.4, -0.2) is 31.1 Å². The minimum absolute atomic E-state index is 0.258. The average molecular weight is 356 g/mol. The maximum Gasteiger partial charge on any atom is 0.273 e. The van der Waals surface area contributed by atoms with Crippen molar-refractivity contribution in [2.75, 3.05) is 0 Å². The van der Waals surface area contributed by atoms with Gasteiger partial charge in [-0.15, -0.1) is 15.3 Å². The minimum Gasteiger partial charge on any atom is -0.344 e. The zero-order valence-corrected chi connectivity index (χ0v) is 15.0. The van der Waals surface area contributed by atoms with Crippen LogP contribution in [0.25, 0.3) is 10.6 Å². The van der Waals surface area contributed by atoms with E-state index < -0.39 is 0 Å². The molecule has 8 heteroatoms. The maximum absolute atomic E-state index is 12.2. The van der Waals surface area contributed by atoms with Crippen molar-refractivity contribution in [3.8, 4) is 10.6 Å². The molecule has 3 rings (SSSR count). The van der Waals surface area contributed by atoms with Crippen LogP contribution >= 0.6 is 11.3 Å². The van der Waals surface area contributed by atoms with Crippen LogP contribution in [0, 0.1) is 5.92 Å². The fourth-order valence-electron chi connectivity index (χ4n) is 2.21. The van der Waals surface area contributed by atoms with Crippen LogP contribution in [0.5, 0.6) is 0 Å². The van der Waals surface area contributed by atoms with Crippen molar-refractivity contribution in [3.63, 3.8) is 0 Å². The molecule has 0 radical (unpaired) electrons. The third-order valence-corrected chi connectivity index (χ3v) is 4.83. The van der Waals surface area contributed by atoms with Crippen LogP contribution in [0.4, 0.5) is 0 Å². The van der Waals surface area contributed by atoms with Crippen molar-refractivity contribution in [3.05, 3.63) is 47.2 Å². The molecular formula is C17H20N6OS. The Bertz CT molecular complexity index is 829. The van der Waals surface area contributed by atoms with Gasteiger partial charge < -0.3 is 5.32 Å². The fraction of sp³-hybridized carbons (Fsp3) is 0.353. The van der Waals surface area contributed by atoms with E-state index in [0.29, 0.717) is 18.2 Å². The predicted molar refractivity (Wildman–Crippen MR) is 96.0 cm³/mol. The summed E-state index contributed by atoms with van der Waals surface area (Å²) in [6.45, 7) is 5.34. The van der Waals surface area contributed by atoms with Crippen LogP contribution < -0.4 is 5.32 Å². The summed E-state index contributed by atoms with van der Waals surface area (Å²) in [5, 5.41) is 20.6. The molecule has 0 aliphatic carbocycles. The SMILES string of the molecule is CCC(C)Cn1cc(C(=O)NCc2nnc(-c3ccccc3)s2)nn1. The van der Waals surface area contributed by atoms with E-state index in [2.05, 4.69) is 39.7 Å². The Labute approximate surface area is 150 Å². The van der Waals surface area contributed by atoms with Gasteiger partial charge in [0, 0.05) is 12.1 Å². The van der Waals surface area contributed by atoms with Crippen LogP contribution in [0.3, 0.4) is 0 Å². The lowest BCUT2D eigenvalue weighted by Gasteiger charge is -2.06. The third kappa shape index (κ3) is 4.48. The van der Waals surface area contributed by atoms with Gasteiger partial charge in [-0.2, -0.15) is 0 Å². The fourth-order valence-corrected chi connectivity index (χ4v) is 2.99. The molecular weight excluding hydrogens is 336 g/mol. The highest BCUT2D eigenvalue weighted by Crippen LogP contribution is 2.22. The van der Waals surface area contributed by atoms with Crippen molar-refractivity contribution >= 4 is 17.2 Å². The number of nitrogens with zero attached hydrogens (tertiary/aromatic N) is 5. The topological polar surface area (TPSA) is 85.6 Å². The third-order valence-electron chi connectivity index (χ3n) is 3.85. The Balaban J connectivity index is 1.57. The molecule has 2 aromatic heterocycles. The molecule has 7 nitrogen and oxygen atoms in total. The molecule has 0 aliphatic heterocycles. The van der Waals surface area contributed by atoms with E-state index in [1.807, 2.05) is 30.3 Å². The molecule has 1 unspecified atom stereocenters. The molecule has 0 spiro atoms. The van der Waals surface area contributed by atoms with Gasteiger partial charge in [-0.1, -0.05) is 67.2 Å². The quantitative estimate of drug-likeness (QED) is 0.703. The maximum atomic E-state index is 12.2. The van der Waals surface area contributed by atoms with Gasteiger partial charge in [0.25, 0.3) is 5.91 Å². The number of carbonyl (C=O) groups excluding carboxylic acids is 1. The molecule has 0 saturated carbocycles. The van der Waals surface area contributed by atoms with Gasteiger partial charge in [0.05, 0.1) is 12.7 Å². The number of aromatic nitrogens is 5. The molecule has 25 heavy (non-hydrogen) atoms. The van der Waals surface area contributed by atoms with Crippen molar-refractivity contribution in [1.82, 2.24) is 30.5 Å². The smallest absolute Gasteiger partial charge is 0.273 e. The molecule has 2 heterocycles. The highest BCUT2D eigenvalue weighted by atomic mass is 32.1. The second kappa shape index (κ2) is 7.98. The molecule has 0 fully saturated rings. The monoisotopic (exact) mass is 356 g/mol. The molecule has 1 amide bonds. The molecule has 130 valence electrons. The lowest BCUT2D eigenvalue weighted by atomic mass is 10.1. The molecule has 1 aromatic carbocycles. The van der Waals surface area contributed by atoms with Gasteiger partial charge in [-0.25, -0.2) is 0 Å². The highest BCUT2D eigenvalue weighted by Gasteiger charge is 2.13. The molecule has 1 atom stereocenters. The first-order valence-electron chi connectivity index (χ1n) is 8.22. The standard InChI is InChI=1S/C17H20N6OS/c1-3-12(2)10-23-11-14(19-22-23)16(24)18-9-15-20-21-17(25-15)13-7-5-4-6-8-13/h4-8,11-12H,3,9-10H2,1-2H3,(H,18,24). The molecule has 1 N–H and O–H groups in total. The number of rotatable bonds is 7. The largest absolute Gasteiger partial charge is 0.344 e. The second-order valence-corrected chi connectivity index (χ2v) is 6.95. The summed E-state index contributed by atoms with van der Waals surface area (Å²) in [5.74, 6) is 0.238. The first-order chi connectivity index (χ1) is 12.2. The molecule has 3 aromatic rings. The summed E-state index contributed by atoms with van der Waals surface area (Å²) in [6, 6.07) is 9.85. The Kier molecular flexibility index (Phi) is 5.49. The van der Waals surface area contributed by atoms with Crippen LogP contribution in [0.15, 0.2) is 36.5 Å². The van der Waals surface area contributed by atoms with E-state index in [4.69, 9.17) is 0 Å². The summed E-state index contributed by atoms with van der Waals surface area (Å²) in [5.41, 5.74) is 1.33. The number of carbonyl (C=O) groups is 1. The van der Waals surface area contributed by atoms with Crippen molar-refractivity contribution in [1.29, 1.82) is 0 Å². The zero-order chi connectivity index (χ0) is 17.6. The summed E-state index contributed by atoms with van der Waals surface area (Å²) < 4.78 is 1.71. The first kappa shape index (κ1) is 17.2. The predicted octanol–water partition coefficient (Wildman–Crippen LogP) is 2.77. The van der Waals surface area contributed by atoms with Crippen LogP contribution in [-0.2, 0) is 13.1 Å². The van der Waals surface area contributed by atoms with Gasteiger partial charge in [-0.05, 0) is 5.92 Å². The van der Waals surface area contributed by atoms with E-state index >= 15 is 0 Å². The summed E-state index contributed by atoms with van der Waals surface area (Å²) in [4.78, 5) is 12.2. The Morgan fingerprint density at radius 1 is 1.24 bits per heavy atom. The summed E-state index contributed by atoms with van der Waals surface area (Å²) in [7, 11) is 0. The number of hydrogen-bond donors (Lipinski definition) is 1. The Morgan fingerprint density at radius 3 is 2.80 bits per heavy atom. The summed E-state index contributed by atoms with van der Waals surface area (Å²) >= 11 is 1.46. The van der Waals surface area contributed by atoms with E-state index in [1.54, 1.807) is 10.9 Å². The summed E-state index contributed by atoms with van der Waals surface area (Å²) in [6.07, 6.45) is 2.74. The van der Waals surface area contributed by atoms with Crippen molar-refractivity contribution in [2.24, 2.45) is 5.92 Å². The van der Waals surface area contributed by atoms with Gasteiger partial charge in [0.1, 0.15) is 10.0 Å². The van der Waals surface area contributed by atoms with Crippen molar-refractivity contribution in [2.45, 2.75) is 33.4 Å². The molecule has 0 saturated heterocycles. The van der Waals surface area contributed by atoms with Gasteiger partial charge in [0.15, 0.2) is 5.69 Å². The Morgan fingerprint density at radius 2 is 2.04 bits per heavy atom. The highest BCUT2D eigenvalue weighted by molar-refractivity contribution is 7.14. The van der Waals surface area contributed by atoms with Gasteiger partial charge >= 0.3 is 0 Å². The van der Waals surface area contributed by atoms with E-state index in [1.165, 1.54) is 11.3 Å². The molecule has 0 bridgehead atoms. The number of benzene rings is 1. The van der Waals surface area contributed by atoms with Crippen LogP contribution in [0.1, 0.15) is 35.8 Å². The van der Waals surface area contributed by atoms with Gasteiger partial charge in [-0.3, -0.25) is 9.48 Å². The lowest BCUT2D eigenvalue weighted by Crippen LogP contribution is -2.23. The van der Waals surface area contributed by atoms with Crippen molar-refractivity contribution < 1.29 is 4.79 Å². The number of hydrogen-bond acceptors (Lipinski definition) is 6. The number of amides is 1. The first-order valence-corrected chi connectivity index (χ1v) is 9.03. The lowest BCUT2D eigenvalue weighted by molar-refractivity contribution is 0.0945. The minimum atomic E-state index is -0.258. The van der Waals surface area contributed by atoms with E-state index in [0.717, 1.165) is 28.5 Å². The normalized spacial score (nSPS) is 12.1. The van der Waals surface area contributed by atoms with E-state index in [9.17, 15) is 4.79 Å². The van der Waals surface area contributed by atoms with E-state index in [-0.39, 0.29) is 5.91 Å². The molecule has 0 aliphatic rings. The Hall–Kier alpha value is -2.61. The zero-order valence-electron chi connectivity index (χ0n) is 14.2.